The van der Waals surface area contributed by atoms with Crippen LogP contribution in [-0.4, -0.2) is 150 Å². The number of primary amides is 1. The first-order chi connectivity index (χ1) is 30.9. The van der Waals surface area contributed by atoms with Gasteiger partial charge < -0.3 is 46.3 Å². The van der Waals surface area contributed by atoms with E-state index in [9.17, 15) is 33.2 Å². The first kappa shape index (κ1) is 54.8. The van der Waals surface area contributed by atoms with Gasteiger partial charge in [-0.05, 0) is 109 Å². The van der Waals surface area contributed by atoms with Gasteiger partial charge >= 0.3 is 59.1 Å². The van der Waals surface area contributed by atoms with E-state index in [-0.39, 0.29) is 66.8 Å². The summed E-state index contributed by atoms with van der Waals surface area (Å²) in [6.07, 6.45) is 8.62. The predicted molar refractivity (Wildman–Crippen MR) is 245 cm³/mol. The van der Waals surface area contributed by atoms with Gasteiger partial charge in [0.25, 0.3) is 0 Å². The molecule has 0 aliphatic carbocycles. The van der Waals surface area contributed by atoms with Crippen LogP contribution in [0, 0.1) is 0 Å². The molecule has 6 rings (SSSR count). The summed E-state index contributed by atoms with van der Waals surface area (Å²) >= 11 is 5.43. The van der Waals surface area contributed by atoms with E-state index in [1.54, 1.807) is 96.0 Å². The molecule has 0 spiro atoms. The molecule has 2 saturated heterocycles. The Labute approximate surface area is 415 Å². The van der Waals surface area contributed by atoms with Crippen molar-refractivity contribution in [1.82, 2.24) is 39.1 Å². The number of rotatable bonds is 6. The third-order valence-corrected chi connectivity index (χ3v) is 10.4. The average molecular weight is 951 g/mol. The third-order valence-electron chi connectivity index (χ3n) is 10.1. The van der Waals surface area contributed by atoms with Crippen molar-refractivity contribution in [1.29, 1.82) is 0 Å². The number of carbonyl (C=O) groups excluding carboxylic acids is 5. The van der Waals surface area contributed by atoms with Gasteiger partial charge in [-0.1, -0.05) is 24.3 Å². The molecular formula is C45H62ClFN9NaO9. The number of aromatic nitrogens is 4. The molecule has 2 aromatic heterocycles. The van der Waals surface area contributed by atoms with E-state index in [2.05, 4.69) is 15.0 Å². The summed E-state index contributed by atoms with van der Waals surface area (Å²) < 4.78 is 27.7. The van der Waals surface area contributed by atoms with Crippen LogP contribution in [0.15, 0.2) is 73.6 Å². The number of ether oxygens (including phenoxy) is 2. The maximum Gasteiger partial charge on any atom is 1.00 e. The van der Waals surface area contributed by atoms with Gasteiger partial charge in [0.1, 0.15) is 17.5 Å². The number of aromatic carboxylic acids is 1. The molecule has 0 radical (unpaired) electrons. The average Bonchev–Trinajstić information content (AvgIpc) is 4.00. The number of nitrogens with two attached hydrogens (primary N) is 1. The SMILES string of the molecule is CN(C(=O)Cl)C1CCN(C(=O)OC(C)(C)C)CC1.CN(C(=O)n1cnc(-c2ccc(C(N)=O)cc2)c1)C1CCN(C(=O)OC(C)(C)C)CC1.O=C(O)c1ccc(-c2cnc[nH]2)cc1.[2H]CF.[H-].[Na+]. The molecule has 2 aliphatic heterocycles. The predicted octanol–water partition coefficient (Wildman–Crippen LogP) is 5.10. The molecule has 21 heteroatoms. The topological polar surface area (TPSA) is 227 Å². The van der Waals surface area contributed by atoms with E-state index >= 15 is 0 Å². The largest absolute Gasteiger partial charge is 1.00 e. The Morgan fingerprint density at radius 2 is 1.26 bits per heavy atom. The Kier molecular flexibility index (Phi) is 21.6. The fourth-order valence-electron chi connectivity index (χ4n) is 6.59. The second-order valence-electron chi connectivity index (χ2n) is 17.1. The number of imidazole rings is 2. The van der Waals surface area contributed by atoms with Crippen molar-refractivity contribution in [2.75, 3.05) is 47.4 Å². The molecule has 18 nitrogen and oxygen atoms in total. The molecule has 4 N–H and O–H groups in total. The second-order valence-corrected chi connectivity index (χ2v) is 17.4. The van der Waals surface area contributed by atoms with Crippen LogP contribution in [-0.2, 0) is 9.47 Å². The zero-order valence-electron chi connectivity index (χ0n) is 41.1. The number of alkyl halides is 1. The van der Waals surface area contributed by atoms with Crippen molar-refractivity contribution in [3.63, 3.8) is 0 Å². The molecule has 4 aromatic rings. The van der Waals surface area contributed by atoms with Gasteiger partial charge in [-0.25, -0.2) is 29.1 Å². The fourth-order valence-corrected chi connectivity index (χ4v) is 6.73. The monoisotopic (exact) mass is 950 g/mol. The molecule has 0 atom stereocenters. The Bertz CT molecular complexity index is 2210. The number of hydrogen-bond acceptors (Lipinski definition) is 10. The van der Waals surface area contributed by atoms with Crippen LogP contribution in [0.2, 0.25) is 0 Å². The number of piperidine rings is 2. The quantitative estimate of drug-likeness (QED) is 0.131. The fraction of sp³-hybridized carbons (Fsp3) is 0.467. The Morgan fingerprint density at radius 1 is 0.818 bits per heavy atom. The molecule has 66 heavy (non-hydrogen) atoms. The second kappa shape index (κ2) is 26.0. The zero-order chi connectivity index (χ0) is 49.4. The standard InChI is InChI=1S/C22H29N5O4.C12H21ClN2O3.C10H8N2O2.CH3F.Na.H/c1-22(2,3)31-21(30)26-11-9-17(10-12-26)25(4)20(29)27-13-18(24-14-27)15-5-7-16(8-6-15)19(23)28;1-12(2,3)18-11(17)15-7-5-9(6-8-15)14(4)10(13)16;13-10(14)8-3-1-7(2-4-8)9-5-11-6-12-9;1-2;;/h5-8,13-14,17H,9-12H2,1-4H3,(H2,23,28);9H,5-8H2,1-4H3;1-6H,(H,11,12)(H,13,14);1H3;;/q;;;;+1;-1/i;;;1D;;. The number of H-pyrrole nitrogens is 1. The summed E-state index contributed by atoms with van der Waals surface area (Å²) in [5, 5.41) is 8.23. The summed E-state index contributed by atoms with van der Waals surface area (Å²) in [5.74, 6) is -1.41. The van der Waals surface area contributed by atoms with Gasteiger partial charge in [0, 0.05) is 69.7 Å². The van der Waals surface area contributed by atoms with Gasteiger partial charge in [0.2, 0.25) is 5.91 Å². The summed E-state index contributed by atoms with van der Waals surface area (Å²) in [7, 11) is 2.45. The van der Waals surface area contributed by atoms with Crippen molar-refractivity contribution in [3.05, 3.63) is 84.7 Å². The van der Waals surface area contributed by atoms with Gasteiger partial charge in [-0.3, -0.25) is 18.5 Å². The number of halogens is 2. The summed E-state index contributed by atoms with van der Waals surface area (Å²) in [6.45, 7) is 13.3. The van der Waals surface area contributed by atoms with Gasteiger partial charge in [-0.2, -0.15) is 0 Å². The Hall–Kier alpha value is -5.50. The number of likely N-dealkylation sites (tertiary alicyclic amines) is 2. The summed E-state index contributed by atoms with van der Waals surface area (Å²) in [4.78, 5) is 87.5. The molecule has 5 amide bonds. The van der Waals surface area contributed by atoms with Crippen molar-refractivity contribution in [2.45, 2.75) is 90.5 Å². The maximum atomic E-state index is 12.9. The Balaban J connectivity index is 0.000000531. The first-order valence-corrected chi connectivity index (χ1v) is 21.1. The van der Waals surface area contributed by atoms with Crippen LogP contribution in [0.5, 0.6) is 0 Å². The minimum atomic E-state index is -1.00. The van der Waals surface area contributed by atoms with Crippen LogP contribution >= 0.6 is 11.6 Å². The number of benzene rings is 2. The van der Waals surface area contributed by atoms with Gasteiger partial charge in [-0.15, -0.1) is 0 Å². The number of aromatic amines is 1. The summed E-state index contributed by atoms with van der Waals surface area (Å²) in [6, 6.07) is 13.3. The normalized spacial score (nSPS) is 14.2. The van der Waals surface area contributed by atoms with Crippen molar-refractivity contribution >= 4 is 47.1 Å². The number of carbonyl (C=O) groups is 6. The molecule has 0 saturated carbocycles. The van der Waals surface area contributed by atoms with Crippen molar-refractivity contribution in [2.24, 2.45) is 5.73 Å². The van der Waals surface area contributed by atoms with Crippen LogP contribution in [0.1, 0.15) is 90.7 Å². The van der Waals surface area contributed by atoms with Crippen molar-refractivity contribution in [3.8, 4) is 22.5 Å². The van der Waals surface area contributed by atoms with E-state index in [4.69, 9.17) is 33.3 Å². The van der Waals surface area contributed by atoms with E-state index in [0.29, 0.717) is 50.3 Å². The Morgan fingerprint density at radius 3 is 1.65 bits per heavy atom. The van der Waals surface area contributed by atoms with Crippen LogP contribution in [0.3, 0.4) is 0 Å². The smallest absolute Gasteiger partial charge is 1.00 e. The van der Waals surface area contributed by atoms with Crippen LogP contribution in [0.25, 0.3) is 22.5 Å². The van der Waals surface area contributed by atoms with E-state index in [1.807, 2.05) is 41.5 Å². The van der Waals surface area contributed by atoms with Gasteiger partial charge in [0.15, 0.2) is 0 Å². The number of carboxylic acids is 1. The minimum absolute atomic E-state index is 0. The van der Waals surface area contributed by atoms with Crippen LogP contribution in [0.4, 0.5) is 23.6 Å². The molecule has 2 aliphatic rings. The number of amides is 5. The third kappa shape index (κ3) is 17.7. The summed E-state index contributed by atoms with van der Waals surface area (Å²) in [5.41, 5.74) is 8.17. The van der Waals surface area contributed by atoms with Gasteiger partial charge in [0.05, 0.1) is 38.0 Å². The molecule has 0 bridgehead atoms. The molecule has 4 heterocycles. The first-order valence-electron chi connectivity index (χ1n) is 21.4. The maximum absolute atomic E-state index is 12.9. The van der Waals surface area contributed by atoms with Crippen molar-refractivity contribution < 1.29 is 80.1 Å². The number of hydrogen-bond donors (Lipinski definition) is 3. The molecule has 0 unspecified atom stereocenters. The van der Waals surface area contributed by atoms with E-state index in [0.717, 1.165) is 29.7 Å². The zero-order valence-corrected chi connectivity index (χ0v) is 41.9. The number of nitrogens with zero attached hydrogens (tertiary/aromatic N) is 7. The molecule has 2 aromatic carbocycles. The molecular weight excluding hydrogens is 888 g/mol. The molecule has 2 fully saturated rings. The van der Waals surface area contributed by atoms with E-state index < -0.39 is 35.6 Å². The molecule has 356 valence electrons. The number of carboxylic acid groups (broad SMARTS) is 1. The van der Waals surface area contributed by atoms with Crippen LogP contribution < -0.4 is 35.3 Å². The van der Waals surface area contributed by atoms with E-state index in [1.165, 1.54) is 15.8 Å². The number of nitrogens with one attached hydrogen (secondary N) is 1. The minimum Gasteiger partial charge on any atom is -1.00 e.